The topological polar surface area (TPSA) is 9.23 Å². The molecular weight excluding hydrogens is 136 g/mol. The number of rotatable bonds is 4. The second-order valence-electron chi connectivity index (χ2n) is 3.31. The lowest BCUT2D eigenvalue weighted by atomic mass is 9.90. The van der Waals surface area contributed by atoms with Crippen molar-refractivity contribution in [3.63, 3.8) is 0 Å². The van der Waals surface area contributed by atoms with Gasteiger partial charge in [-0.15, -0.1) is 6.42 Å². The zero-order valence-electron chi connectivity index (χ0n) is 7.98. The van der Waals surface area contributed by atoms with Crippen LogP contribution in [0.4, 0.5) is 0 Å². The minimum atomic E-state index is -0.0492. The van der Waals surface area contributed by atoms with Crippen LogP contribution in [0.15, 0.2) is 0 Å². The lowest BCUT2D eigenvalue weighted by Gasteiger charge is -2.31. The molecule has 0 saturated heterocycles. The molecule has 0 radical (unpaired) electrons. The van der Waals surface area contributed by atoms with Gasteiger partial charge in [0.1, 0.15) is 6.61 Å². The van der Waals surface area contributed by atoms with E-state index in [1.54, 1.807) is 0 Å². The van der Waals surface area contributed by atoms with E-state index in [1.165, 1.54) is 0 Å². The van der Waals surface area contributed by atoms with E-state index in [2.05, 4.69) is 33.6 Å². The quantitative estimate of drug-likeness (QED) is 0.565. The summed E-state index contributed by atoms with van der Waals surface area (Å²) in [6, 6.07) is 0. The van der Waals surface area contributed by atoms with E-state index in [9.17, 15) is 0 Å². The number of hydrogen-bond acceptors (Lipinski definition) is 1. The van der Waals surface area contributed by atoms with Crippen LogP contribution in [-0.2, 0) is 4.74 Å². The van der Waals surface area contributed by atoms with Crippen LogP contribution in [0.5, 0.6) is 0 Å². The Hall–Kier alpha value is -0.480. The van der Waals surface area contributed by atoms with Gasteiger partial charge in [-0.2, -0.15) is 0 Å². The smallest absolute Gasteiger partial charge is 0.108 e. The van der Waals surface area contributed by atoms with Crippen LogP contribution in [0.2, 0.25) is 0 Å². The molecule has 1 nitrogen and oxygen atoms in total. The first-order valence-corrected chi connectivity index (χ1v) is 4.14. The van der Waals surface area contributed by atoms with Gasteiger partial charge in [0.15, 0.2) is 0 Å². The fourth-order valence-electron chi connectivity index (χ4n) is 0.884. The van der Waals surface area contributed by atoms with Crippen LogP contribution in [0, 0.1) is 18.3 Å². The van der Waals surface area contributed by atoms with Crippen LogP contribution in [0.3, 0.4) is 0 Å². The van der Waals surface area contributed by atoms with Crippen molar-refractivity contribution in [3.8, 4) is 12.3 Å². The van der Waals surface area contributed by atoms with E-state index < -0.39 is 0 Å². The Morgan fingerprint density at radius 3 is 2.36 bits per heavy atom. The largest absolute Gasteiger partial charge is 0.362 e. The van der Waals surface area contributed by atoms with Gasteiger partial charge in [0.2, 0.25) is 0 Å². The summed E-state index contributed by atoms with van der Waals surface area (Å²) in [4.78, 5) is 0. The van der Waals surface area contributed by atoms with E-state index in [1.807, 2.05) is 0 Å². The van der Waals surface area contributed by atoms with Gasteiger partial charge in [-0.3, -0.25) is 0 Å². The molecule has 0 rings (SSSR count). The van der Waals surface area contributed by atoms with Gasteiger partial charge >= 0.3 is 0 Å². The minimum absolute atomic E-state index is 0.0492. The molecule has 0 aromatic carbocycles. The third-order valence-electron chi connectivity index (χ3n) is 2.41. The molecule has 0 spiro atoms. The van der Waals surface area contributed by atoms with Crippen molar-refractivity contribution in [2.75, 3.05) is 6.61 Å². The van der Waals surface area contributed by atoms with Crippen LogP contribution >= 0.6 is 0 Å². The fourth-order valence-corrected chi connectivity index (χ4v) is 0.884. The van der Waals surface area contributed by atoms with Crippen molar-refractivity contribution in [3.05, 3.63) is 0 Å². The predicted molar refractivity (Wildman–Crippen MR) is 48.3 cm³/mol. The first-order valence-electron chi connectivity index (χ1n) is 4.14. The SMILES string of the molecule is C#CCOC(C)(CC)C(C)C. The molecule has 1 atom stereocenters. The Balaban J connectivity index is 4.01. The number of terminal acetylenes is 1. The fraction of sp³-hybridized carbons (Fsp3) is 0.800. The molecule has 64 valence electrons. The molecule has 0 fully saturated rings. The van der Waals surface area contributed by atoms with Crippen molar-refractivity contribution in [1.29, 1.82) is 0 Å². The summed E-state index contributed by atoms with van der Waals surface area (Å²) < 4.78 is 5.55. The van der Waals surface area contributed by atoms with Crippen LogP contribution < -0.4 is 0 Å². The van der Waals surface area contributed by atoms with Gasteiger partial charge in [0, 0.05) is 0 Å². The van der Waals surface area contributed by atoms with E-state index >= 15 is 0 Å². The third-order valence-corrected chi connectivity index (χ3v) is 2.41. The maximum absolute atomic E-state index is 5.55. The molecule has 0 N–H and O–H groups in total. The highest BCUT2D eigenvalue weighted by molar-refractivity contribution is 4.86. The predicted octanol–water partition coefficient (Wildman–Crippen LogP) is 2.46. The summed E-state index contributed by atoms with van der Waals surface area (Å²) in [6.07, 6.45) is 6.12. The summed E-state index contributed by atoms with van der Waals surface area (Å²) in [5, 5.41) is 0. The second-order valence-corrected chi connectivity index (χ2v) is 3.31. The maximum atomic E-state index is 5.55. The van der Waals surface area contributed by atoms with E-state index in [0.29, 0.717) is 12.5 Å². The molecule has 11 heavy (non-hydrogen) atoms. The lowest BCUT2D eigenvalue weighted by Crippen LogP contribution is -2.34. The Morgan fingerprint density at radius 1 is 1.55 bits per heavy atom. The summed E-state index contributed by atoms with van der Waals surface area (Å²) in [5.41, 5.74) is -0.0492. The molecule has 0 aliphatic heterocycles. The average molecular weight is 154 g/mol. The van der Waals surface area contributed by atoms with Crippen LogP contribution in [0.1, 0.15) is 34.1 Å². The van der Waals surface area contributed by atoms with Crippen molar-refractivity contribution in [2.24, 2.45) is 5.92 Å². The zero-order chi connectivity index (χ0) is 8.91. The highest BCUT2D eigenvalue weighted by Gasteiger charge is 2.26. The first-order chi connectivity index (χ1) is 5.06. The van der Waals surface area contributed by atoms with E-state index in [4.69, 9.17) is 11.2 Å². The minimum Gasteiger partial charge on any atom is -0.362 e. The van der Waals surface area contributed by atoms with Gasteiger partial charge in [-0.25, -0.2) is 0 Å². The normalized spacial score (nSPS) is 16.0. The molecule has 1 unspecified atom stereocenters. The average Bonchev–Trinajstić information content (AvgIpc) is 2.00. The third kappa shape index (κ3) is 2.95. The van der Waals surface area contributed by atoms with Gasteiger partial charge in [-0.05, 0) is 19.3 Å². The number of hydrogen-bond donors (Lipinski definition) is 0. The molecule has 0 aliphatic rings. The van der Waals surface area contributed by atoms with Gasteiger partial charge in [-0.1, -0.05) is 26.7 Å². The molecule has 0 aromatic rings. The maximum Gasteiger partial charge on any atom is 0.108 e. The molecule has 0 bridgehead atoms. The Morgan fingerprint density at radius 2 is 2.09 bits per heavy atom. The van der Waals surface area contributed by atoms with E-state index in [0.717, 1.165) is 6.42 Å². The van der Waals surface area contributed by atoms with Crippen molar-refractivity contribution in [1.82, 2.24) is 0 Å². The lowest BCUT2D eigenvalue weighted by molar-refractivity contribution is -0.0513. The van der Waals surface area contributed by atoms with Crippen LogP contribution in [0.25, 0.3) is 0 Å². The molecule has 1 heteroatoms. The first kappa shape index (κ1) is 10.5. The number of ether oxygens (including phenoxy) is 1. The van der Waals surface area contributed by atoms with Crippen molar-refractivity contribution in [2.45, 2.75) is 39.7 Å². The molecule has 0 aliphatic carbocycles. The standard InChI is InChI=1S/C10H18O/c1-6-8-11-10(5,7-2)9(3)4/h1,9H,7-8H2,2-5H3. The molecule has 0 aromatic heterocycles. The van der Waals surface area contributed by atoms with Crippen molar-refractivity contribution < 1.29 is 4.74 Å². The van der Waals surface area contributed by atoms with Gasteiger partial charge in [0.25, 0.3) is 0 Å². The zero-order valence-corrected chi connectivity index (χ0v) is 7.98. The van der Waals surface area contributed by atoms with Gasteiger partial charge in [0.05, 0.1) is 5.60 Å². The summed E-state index contributed by atoms with van der Waals surface area (Å²) in [6.45, 7) is 8.95. The molecule has 0 amide bonds. The highest BCUT2D eigenvalue weighted by atomic mass is 16.5. The summed E-state index contributed by atoms with van der Waals surface area (Å²) >= 11 is 0. The molecule has 0 saturated carbocycles. The highest BCUT2D eigenvalue weighted by Crippen LogP contribution is 2.24. The monoisotopic (exact) mass is 154 g/mol. The summed E-state index contributed by atoms with van der Waals surface area (Å²) in [7, 11) is 0. The Labute approximate surface area is 70.1 Å². The van der Waals surface area contributed by atoms with Crippen molar-refractivity contribution >= 4 is 0 Å². The molecular formula is C10H18O. The summed E-state index contributed by atoms with van der Waals surface area (Å²) in [5.74, 6) is 3.01. The van der Waals surface area contributed by atoms with Crippen LogP contribution in [-0.4, -0.2) is 12.2 Å². The van der Waals surface area contributed by atoms with E-state index in [-0.39, 0.29) is 5.60 Å². The Bertz CT molecular complexity index is 143. The second kappa shape index (κ2) is 4.41. The van der Waals surface area contributed by atoms with Gasteiger partial charge < -0.3 is 4.74 Å². The Kier molecular flexibility index (Phi) is 4.22. The molecule has 0 heterocycles.